The summed E-state index contributed by atoms with van der Waals surface area (Å²) in [6.07, 6.45) is 2.58. The summed E-state index contributed by atoms with van der Waals surface area (Å²) < 4.78 is 0. The smallest absolute Gasteiger partial charge is 0.0666 e. The molecule has 1 fully saturated rings. The minimum Gasteiger partial charge on any atom is -0.317 e. The Morgan fingerprint density at radius 2 is 2.13 bits per heavy atom. The van der Waals surface area contributed by atoms with Gasteiger partial charge in [-0.1, -0.05) is 6.92 Å². The Balaban J connectivity index is 2.29. The van der Waals surface area contributed by atoms with Crippen LogP contribution in [0.25, 0.3) is 0 Å². The SMILES string of the molecule is CCN(CC(C)C#N)CC1CCNCC1. The number of rotatable bonds is 5. The van der Waals surface area contributed by atoms with Crippen LogP contribution >= 0.6 is 0 Å². The van der Waals surface area contributed by atoms with Gasteiger partial charge in [0.2, 0.25) is 0 Å². The standard InChI is InChI=1S/C12H23N3/c1-3-15(9-11(2)8-13)10-12-4-6-14-7-5-12/h11-12,14H,3-7,9-10H2,1-2H3. The Kier molecular flexibility index (Phi) is 5.67. The van der Waals surface area contributed by atoms with Crippen molar-refractivity contribution in [1.82, 2.24) is 10.2 Å². The third-order valence-corrected chi connectivity index (χ3v) is 3.17. The van der Waals surface area contributed by atoms with E-state index in [1.54, 1.807) is 0 Å². The molecule has 1 rings (SSSR count). The summed E-state index contributed by atoms with van der Waals surface area (Å²) >= 11 is 0. The maximum absolute atomic E-state index is 8.80. The van der Waals surface area contributed by atoms with Gasteiger partial charge in [0.05, 0.1) is 12.0 Å². The molecular weight excluding hydrogens is 186 g/mol. The largest absolute Gasteiger partial charge is 0.317 e. The Morgan fingerprint density at radius 3 is 2.67 bits per heavy atom. The lowest BCUT2D eigenvalue weighted by Gasteiger charge is -2.29. The Bertz CT molecular complexity index is 203. The molecule has 0 bridgehead atoms. The van der Waals surface area contributed by atoms with Crippen molar-refractivity contribution in [3.8, 4) is 6.07 Å². The maximum Gasteiger partial charge on any atom is 0.0666 e. The van der Waals surface area contributed by atoms with Crippen molar-refractivity contribution < 1.29 is 0 Å². The van der Waals surface area contributed by atoms with Crippen molar-refractivity contribution in [2.24, 2.45) is 11.8 Å². The summed E-state index contributed by atoms with van der Waals surface area (Å²) in [4.78, 5) is 2.42. The van der Waals surface area contributed by atoms with Crippen LogP contribution < -0.4 is 5.32 Å². The first kappa shape index (κ1) is 12.5. The molecule has 1 N–H and O–H groups in total. The topological polar surface area (TPSA) is 39.1 Å². The molecule has 0 aliphatic carbocycles. The van der Waals surface area contributed by atoms with Gasteiger partial charge in [0.25, 0.3) is 0 Å². The van der Waals surface area contributed by atoms with E-state index in [2.05, 4.69) is 23.2 Å². The molecule has 1 unspecified atom stereocenters. The van der Waals surface area contributed by atoms with E-state index < -0.39 is 0 Å². The van der Waals surface area contributed by atoms with Crippen molar-refractivity contribution in [2.75, 3.05) is 32.7 Å². The third kappa shape index (κ3) is 4.63. The second-order valence-electron chi connectivity index (χ2n) is 4.58. The summed E-state index contributed by atoms with van der Waals surface area (Å²) in [7, 11) is 0. The van der Waals surface area contributed by atoms with Crippen LogP contribution in [-0.4, -0.2) is 37.6 Å². The van der Waals surface area contributed by atoms with Crippen LogP contribution in [0.15, 0.2) is 0 Å². The highest BCUT2D eigenvalue weighted by atomic mass is 15.1. The minimum absolute atomic E-state index is 0.159. The van der Waals surface area contributed by atoms with E-state index in [9.17, 15) is 0 Å². The predicted octanol–water partition coefficient (Wildman–Crippen LogP) is 1.47. The van der Waals surface area contributed by atoms with Crippen LogP contribution in [0, 0.1) is 23.2 Å². The molecule has 1 aliphatic heterocycles. The van der Waals surface area contributed by atoms with Crippen molar-refractivity contribution >= 4 is 0 Å². The fourth-order valence-corrected chi connectivity index (χ4v) is 2.19. The number of nitrogens with one attached hydrogen (secondary N) is 1. The molecule has 0 amide bonds. The van der Waals surface area contributed by atoms with Gasteiger partial charge in [0, 0.05) is 13.1 Å². The molecule has 1 aliphatic rings. The van der Waals surface area contributed by atoms with Gasteiger partial charge in [-0.15, -0.1) is 0 Å². The molecule has 86 valence electrons. The average Bonchev–Trinajstić information content (AvgIpc) is 2.29. The first-order valence-electron chi connectivity index (χ1n) is 6.09. The quantitative estimate of drug-likeness (QED) is 0.745. The molecule has 0 aromatic heterocycles. The Hall–Kier alpha value is -0.590. The molecule has 3 heteroatoms. The zero-order chi connectivity index (χ0) is 11.1. The van der Waals surface area contributed by atoms with Gasteiger partial charge >= 0.3 is 0 Å². The Labute approximate surface area is 93.5 Å². The number of piperidine rings is 1. The molecule has 0 radical (unpaired) electrons. The van der Waals surface area contributed by atoms with Crippen molar-refractivity contribution in [3.05, 3.63) is 0 Å². The first-order chi connectivity index (χ1) is 7.26. The van der Waals surface area contributed by atoms with E-state index in [-0.39, 0.29) is 5.92 Å². The number of nitrogens with zero attached hydrogens (tertiary/aromatic N) is 2. The van der Waals surface area contributed by atoms with E-state index in [0.29, 0.717) is 0 Å². The summed E-state index contributed by atoms with van der Waals surface area (Å²) in [5, 5.41) is 12.2. The lowest BCUT2D eigenvalue weighted by Crippen LogP contribution is -2.37. The van der Waals surface area contributed by atoms with Crippen LogP contribution in [-0.2, 0) is 0 Å². The van der Waals surface area contributed by atoms with Crippen LogP contribution in [0.3, 0.4) is 0 Å². The third-order valence-electron chi connectivity index (χ3n) is 3.17. The highest BCUT2D eigenvalue weighted by Gasteiger charge is 2.17. The van der Waals surface area contributed by atoms with Crippen LogP contribution in [0.1, 0.15) is 26.7 Å². The van der Waals surface area contributed by atoms with Crippen molar-refractivity contribution in [3.63, 3.8) is 0 Å². The summed E-state index contributed by atoms with van der Waals surface area (Å²) in [5.41, 5.74) is 0. The van der Waals surface area contributed by atoms with E-state index in [4.69, 9.17) is 5.26 Å². The molecule has 1 heterocycles. The van der Waals surface area contributed by atoms with Crippen LogP contribution in [0.2, 0.25) is 0 Å². The zero-order valence-corrected chi connectivity index (χ0v) is 10.00. The van der Waals surface area contributed by atoms with Gasteiger partial charge in [-0.2, -0.15) is 5.26 Å². The molecular formula is C12H23N3. The van der Waals surface area contributed by atoms with E-state index in [1.807, 2.05) is 6.92 Å². The summed E-state index contributed by atoms with van der Waals surface area (Å²) in [5.74, 6) is 0.990. The van der Waals surface area contributed by atoms with Gasteiger partial charge in [-0.05, 0) is 45.3 Å². The van der Waals surface area contributed by atoms with Crippen LogP contribution in [0.4, 0.5) is 0 Å². The monoisotopic (exact) mass is 209 g/mol. The van der Waals surface area contributed by atoms with Gasteiger partial charge in [-0.3, -0.25) is 0 Å². The Morgan fingerprint density at radius 1 is 1.47 bits per heavy atom. The second kappa shape index (κ2) is 6.81. The predicted molar refractivity (Wildman–Crippen MR) is 62.5 cm³/mol. The highest BCUT2D eigenvalue weighted by molar-refractivity contribution is 4.82. The highest BCUT2D eigenvalue weighted by Crippen LogP contribution is 2.14. The molecule has 0 spiro atoms. The fourth-order valence-electron chi connectivity index (χ4n) is 2.19. The first-order valence-corrected chi connectivity index (χ1v) is 6.09. The lowest BCUT2D eigenvalue weighted by molar-refractivity contribution is 0.202. The molecule has 0 saturated carbocycles. The number of nitriles is 1. The van der Waals surface area contributed by atoms with E-state index >= 15 is 0 Å². The van der Waals surface area contributed by atoms with Gasteiger partial charge in [-0.25, -0.2) is 0 Å². The van der Waals surface area contributed by atoms with E-state index in [1.165, 1.54) is 19.4 Å². The van der Waals surface area contributed by atoms with Crippen molar-refractivity contribution in [1.29, 1.82) is 5.26 Å². The number of hydrogen-bond acceptors (Lipinski definition) is 3. The lowest BCUT2D eigenvalue weighted by atomic mass is 9.97. The molecule has 1 atom stereocenters. The molecule has 15 heavy (non-hydrogen) atoms. The molecule has 0 aromatic carbocycles. The maximum atomic E-state index is 8.80. The summed E-state index contributed by atoms with van der Waals surface area (Å²) in [6, 6.07) is 2.31. The van der Waals surface area contributed by atoms with Gasteiger partial charge < -0.3 is 10.2 Å². The normalized spacial score (nSPS) is 20.1. The minimum atomic E-state index is 0.159. The zero-order valence-electron chi connectivity index (χ0n) is 10.00. The van der Waals surface area contributed by atoms with Gasteiger partial charge in [0.1, 0.15) is 0 Å². The molecule has 1 saturated heterocycles. The van der Waals surface area contributed by atoms with E-state index in [0.717, 1.165) is 32.1 Å². The van der Waals surface area contributed by atoms with Crippen LogP contribution in [0.5, 0.6) is 0 Å². The fraction of sp³-hybridized carbons (Fsp3) is 0.917. The van der Waals surface area contributed by atoms with Gasteiger partial charge in [0.15, 0.2) is 0 Å². The number of hydrogen-bond donors (Lipinski definition) is 1. The second-order valence-corrected chi connectivity index (χ2v) is 4.58. The summed E-state index contributed by atoms with van der Waals surface area (Å²) in [6.45, 7) is 9.68. The van der Waals surface area contributed by atoms with Crippen molar-refractivity contribution in [2.45, 2.75) is 26.7 Å². The molecule has 0 aromatic rings. The molecule has 3 nitrogen and oxygen atoms in total. The average molecular weight is 209 g/mol.